The summed E-state index contributed by atoms with van der Waals surface area (Å²) in [6.07, 6.45) is -0.704. The molecular weight excluding hydrogens is 410 g/mol. The number of carbonyl (C=O) groups is 2. The highest BCUT2D eigenvalue weighted by Gasteiger charge is 2.17. The number of hydrogen-bond acceptors (Lipinski definition) is 4. The first-order valence-corrected chi connectivity index (χ1v) is 8.77. The molecule has 0 aliphatic heterocycles. The lowest BCUT2D eigenvalue weighted by Gasteiger charge is -2.15. The zero-order valence-corrected chi connectivity index (χ0v) is 16.1. The van der Waals surface area contributed by atoms with E-state index in [2.05, 4.69) is 21.2 Å². The SMILES string of the molecule is CCOC(=O)c1ccc(NC(=O)[C@H](C)Oc2ccc(Br)cc2)cc1Cl. The first kappa shape index (κ1) is 19.3. The summed E-state index contributed by atoms with van der Waals surface area (Å²) in [6, 6.07) is 11.8. The van der Waals surface area contributed by atoms with E-state index in [-0.39, 0.29) is 23.1 Å². The summed E-state index contributed by atoms with van der Waals surface area (Å²) >= 11 is 9.42. The molecule has 2 aromatic carbocycles. The van der Waals surface area contributed by atoms with E-state index in [1.807, 2.05) is 12.1 Å². The lowest BCUT2D eigenvalue weighted by molar-refractivity contribution is -0.122. The molecule has 25 heavy (non-hydrogen) atoms. The van der Waals surface area contributed by atoms with Crippen LogP contribution >= 0.6 is 27.5 Å². The van der Waals surface area contributed by atoms with Crippen LogP contribution < -0.4 is 10.1 Å². The number of esters is 1. The van der Waals surface area contributed by atoms with Gasteiger partial charge in [0.2, 0.25) is 0 Å². The maximum absolute atomic E-state index is 12.2. The highest BCUT2D eigenvalue weighted by molar-refractivity contribution is 9.10. The Labute approximate surface area is 159 Å². The number of hydrogen-bond donors (Lipinski definition) is 1. The Morgan fingerprint density at radius 3 is 2.48 bits per heavy atom. The molecule has 0 saturated heterocycles. The molecule has 5 nitrogen and oxygen atoms in total. The van der Waals surface area contributed by atoms with Gasteiger partial charge >= 0.3 is 5.97 Å². The fraction of sp³-hybridized carbons (Fsp3) is 0.222. The van der Waals surface area contributed by atoms with Crippen LogP contribution in [0.2, 0.25) is 5.02 Å². The third-order valence-corrected chi connectivity index (χ3v) is 4.07. The largest absolute Gasteiger partial charge is 0.481 e. The first-order valence-electron chi connectivity index (χ1n) is 7.60. The third-order valence-electron chi connectivity index (χ3n) is 3.23. The van der Waals surface area contributed by atoms with Gasteiger partial charge in [-0.3, -0.25) is 4.79 Å². The lowest BCUT2D eigenvalue weighted by atomic mass is 10.2. The van der Waals surface area contributed by atoms with E-state index in [1.54, 1.807) is 32.0 Å². The summed E-state index contributed by atoms with van der Waals surface area (Å²) in [7, 11) is 0. The van der Waals surface area contributed by atoms with Crippen molar-refractivity contribution in [1.29, 1.82) is 0 Å². The molecule has 0 radical (unpaired) electrons. The molecule has 0 bridgehead atoms. The summed E-state index contributed by atoms with van der Waals surface area (Å²) in [5.41, 5.74) is 0.718. The van der Waals surface area contributed by atoms with E-state index < -0.39 is 12.1 Å². The minimum absolute atomic E-state index is 0.206. The van der Waals surface area contributed by atoms with Gasteiger partial charge in [-0.1, -0.05) is 27.5 Å². The van der Waals surface area contributed by atoms with Crippen molar-refractivity contribution < 1.29 is 19.1 Å². The van der Waals surface area contributed by atoms with Crippen molar-refractivity contribution in [2.75, 3.05) is 11.9 Å². The fourth-order valence-corrected chi connectivity index (χ4v) is 2.50. The average molecular weight is 427 g/mol. The number of amides is 1. The number of anilines is 1. The Bertz CT molecular complexity index is 764. The Kier molecular flexibility index (Phi) is 6.84. The number of carbonyl (C=O) groups excluding carboxylic acids is 2. The van der Waals surface area contributed by atoms with Gasteiger partial charge in [0, 0.05) is 10.2 Å². The van der Waals surface area contributed by atoms with Crippen LogP contribution in [-0.2, 0) is 9.53 Å². The number of halogens is 2. The highest BCUT2D eigenvalue weighted by Crippen LogP contribution is 2.22. The van der Waals surface area contributed by atoms with Gasteiger partial charge in [0.15, 0.2) is 6.10 Å². The molecule has 1 N–H and O–H groups in total. The van der Waals surface area contributed by atoms with Crippen molar-refractivity contribution in [3.8, 4) is 5.75 Å². The smallest absolute Gasteiger partial charge is 0.339 e. The van der Waals surface area contributed by atoms with Crippen LogP contribution in [0.1, 0.15) is 24.2 Å². The Morgan fingerprint density at radius 1 is 1.20 bits per heavy atom. The third kappa shape index (κ3) is 5.47. The zero-order chi connectivity index (χ0) is 18.4. The summed E-state index contributed by atoms with van der Waals surface area (Å²) in [5.74, 6) is -0.248. The second-order valence-electron chi connectivity index (χ2n) is 5.12. The van der Waals surface area contributed by atoms with Crippen LogP contribution in [0.15, 0.2) is 46.9 Å². The molecule has 7 heteroatoms. The zero-order valence-electron chi connectivity index (χ0n) is 13.7. The van der Waals surface area contributed by atoms with Crippen LogP contribution in [0.4, 0.5) is 5.69 Å². The standard InChI is InChI=1S/C18H17BrClNO4/c1-3-24-18(23)15-9-6-13(10-16(15)20)21-17(22)11(2)25-14-7-4-12(19)5-8-14/h4-11H,3H2,1-2H3,(H,21,22)/t11-/m0/s1. The maximum Gasteiger partial charge on any atom is 0.339 e. The molecule has 0 spiro atoms. The molecule has 0 unspecified atom stereocenters. The molecule has 2 aromatic rings. The average Bonchev–Trinajstić information content (AvgIpc) is 2.57. The molecular formula is C18H17BrClNO4. The normalized spacial score (nSPS) is 11.5. The van der Waals surface area contributed by atoms with Crippen LogP contribution in [0, 0.1) is 0 Å². The topological polar surface area (TPSA) is 64.6 Å². The quantitative estimate of drug-likeness (QED) is 0.681. The minimum Gasteiger partial charge on any atom is -0.481 e. The van der Waals surface area contributed by atoms with E-state index in [4.69, 9.17) is 21.1 Å². The number of nitrogens with one attached hydrogen (secondary N) is 1. The maximum atomic E-state index is 12.2. The molecule has 0 aliphatic carbocycles. The highest BCUT2D eigenvalue weighted by atomic mass is 79.9. The summed E-state index contributed by atoms with van der Waals surface area (Å²) in [5, 5.41) is 2.91. The van der Waals surface area contributed by atoms with Crippen molar-refractivity contribution in [2.45, 2.75) is 20.0 Å². The van der Waals surface area contributed by atoms with Gasteiger partial charge in [-0.2, -0.15) is 0 Å². The Balaban J connectivity index is 2.00. The molecule has 0 saturated carbocycles. The molecule has 0 fully saturated rings. The van der Waals surface area contributed by atoms with E-state index in [9.17, 15) is 9.59 Å². The molecule has 1 amide bonds. The number of benzene rings is 2. The van der Waals surface area contributed by atoms with E-state index in [1.165, 1.54) is 12.1 Å². The van der Waals surface area contributed by atoms with E-state index in [0.29, 0.717) is 11.4 Å². The number of ether oxygens (including phenoxy) is 2. The summed E-state index contributed by atoms with van der Waals surface area (Å²) in [4.78, 5) is 24.0. The van der Waals surface area contributed by atoms with Crippen molar-refractivity contribution >= 4 is 45.1 Å². The van der Waals surface area contributed by atoms with E-state index in [0.717, 1.165) is 4.47 Å². The molecule has 1 atom stereocenters. The second kappa shape index (κ2) is 8.87. The van der Waals surface area contributed by atoms with Crippen molar-refractivity contribution in [3.63, 3.8) is 0 Å². The summed E-state index contributed by atoms with van der Waals surface area (Å²) in [6.45, 7) is 3.62. The fourth-order valence-electron chi connectivity index (χ4n) is 1.98. The van der Waals surface area contributed by atoms with Gasteiger partial charge in [0.05, 0.1) is 17.2 Å². The van der Waals surface area contributed by atoms with Crippen molar-refractivity contribution in [3.05, 3.63) is 57.5 Å². The van der Waals surface area contributed by atoms with Crippen LogP contribution in [0.3, 0.4) is 0 Å². The molecule has 0 aliphatic rings. The van der Waals surface area contributed by atoms with E-state index >= 15 is 0 Å². The number of rotatable bonds is 6. The monoisotopic (exact) mass is 425 g/mol. The Morgan fingerprint density at radius 2 is 1.88 bits per heavy atom. The van der Waals surface area contributed by atoms with Gasteiger partial charge in [-0.05, 0) is 56.3 Å². The van der Waals surface area contributed by atoms with Gasteiger partial charge < -0.3 is 14.8 Å². The van der Waals surface area contributed by atoms with Crippen molar-refractivity contribution in [2.24, 2.45) is 0 Å². The first-order chi connectivity index (χ1) is 11.9. The van der Waals surface area contributed by atoms with Crippen molar-refractivity contribution in [1.82, 2.24) is 0 Å². The van der Waals surface area contributed by atoms with Gasteiger partial charge in [-0.25, -0.2) is 4.79 Å². The lowest BCUT2D eigenvalue weighted by Crippen LogP contribution is -2.30. The second-order valence-corrected chi connectivity index (χ2v) is 6.44. The predicted octanol–water partition coefficient (Wildman–Crippen LogP) is 4.69. The van der Waals surface area contributed by atoms with Crippen LogP contribution in [0.5, 0.6) is 5.75 Å². The molecule has 0 aromatic heterocycles. The van der Waals surface area contributed by atoms with Gasteiger partial charge in [0.25, 0.3) is 5.91 Å². The molecule has 132 valence electrons. The van der Waals surface area contributed by atoms with Gasteiger partial charge in [-0.15, -0.1) is 0 Å². The van der Waals surface area contributed by atoms with Gasteiger partial charge in [0.1, 0.15) is 5.75 Å². The predicted molar refractivity (Wildman–Crippen MR) is 100 cm³/mol. The van der Waals surface area contributed by atoms with Crippen LogP contribution in [-0.4, -0.2) is 24.6 Å². The van der Waals surface area contributed by atoms with Crippen LogP contribution in [0.25, 0.3) is 0 Å². The molecule has 2 rings (SSSR count). The summed E-state index contributed by atoms with van der Waals surface area (Å²) < 4.78 is 11.4. The Hall–Kier alpha value is -2.05. The molecule has 0 heterocycles. The minimum atomic E-state index is -0.704.